The van der Waals surface area contributed by atoms with Crippen LogP contribution in [-0.2, 0) is 6.42 Å². The fraction of sp³-hybridized carbons (Fsp3) is 0.364. The fourth-order valence-corrected chi connectivity index (χ4v) is 1.57. The number of nitro groups is 1. The Morgan fingerprint density at radius 2 is 2.28 bits per heavy atom. The number of allylic oxidation sites excluding steroid dienone is 1. The molecule has 98 valence electrons. The highest BCUT2D eigenvalue weighted by atomic mass is 35.5. The molecule has 6 nitrogen and oxygen atoms in total. The summed E-state index contributed by atoms with van der Waals surface area (Å²) in [5, 5.41) is 17.2. The van der Waals surface area contributed by atoms with Gasteiger partial charge in [0.1, 0.15) is 5.15 Å². The number of hydrogen-bond acceptors (Lipinski definition) is 5. The van der Waals surface area contributed by atoms with E-state index in [0.717, 1.165) is 5.56 Å². The quantitative estimate of drug-likeness (QED) is 0.466. The minimum absolute atomic E-state index is 0.0727. The van der Waals surface area contributed by atoms with E-state index in [4.69, 9.17) is 11.6 Å². The molecule has 0 fully saturated rings. The molecule has 0 spiro atoms. The van der Waals surface area contributed by atoms with Crippen LogP contribution in [0.1, 0.15) is 12.5 Å². The summed E-state index contributed by atoms with van der Waals surface area (Å²) in [5.41, 5.74) is 0.806. The van der Waals surface area contributed by atoms with E-state index < -0.39 is 4.92 Å². The third-order valence-corrected chi connectivity index (χ3v) is 2.50. The molecule has 1 rings (SSSR count). The van der Waals surface area contributed by atoms with Crippen LogP contribution in [0.2, 0.25) is 5.15 Å². The maximum Gasteiger partial charge on any atom is 0.290 e. The van der Waals surface area contributed by atoms with Crippen LogP contribution < -0.4 is 10.6 Å². The number of nitrogens with zero attached hydrogens (tertiary/aromatic N) is 2. The van der Waals surface area contributed by atoms with Gasteiger partial charge in [-0.1, -0.05) is 17.7 Å². The summed E-state index contributed by atoms with van der Waals surface area (Å²) in [6.45, 7) is 2.48. The van der Waals surface area contributed by atoms with Gasteiger partial charge in [-0.2, -0.15) is 0 Å². The Balaban J connectivity index is 2.99. The molecule has 0 aromatic carbocycles. The molecule has 0 amide bonds. The highest BCUT2D eigenvalue weighted by Gasteiger charge is 2.18. The van der Waals surface area contributed by atoms with Gasteiger partial charge in [-0.25, -0.2) is 4.98 Å². The summed E-state index contributed by atoms with van der Waals surface area (Å²) in [6, 6.07) is 3.33. The Hall–Kier alpha value is -1.82. The van der Waals surface area contributed by atoms with E-state index >= 15 is 0 Å². The Bertz CT molecular complexity index is 445. The molecule has 0 aliphatic carbocycles. The summed E-state index contributed by atoms with van der Waals surface area (Å²) >= 11 is 5.67. The van der Waals surface area contributed by atoms with Gasteiger partial charge in [0.2, 0.25) is 0 Å². The van der Waals surface area contributed by atoms with Crippen molar-refractivity contribution in [2.45, 2.75) is 13.3 Å². The van der Waals surface area contributed by atoms with Crippen LogP contribution in [0.3, 0.4) is 0 Å². The van der Waals surface area contributed by atoms with E-state index in [1.807, 2.05) is 6.92 Å². The van der Waals surface area contributed by atoms with Crippen molar-refractivity contribution in [2.75, 3.05) is 13.6 Å². The molecule has 18 heavy (non-hydrogen) atoms. The lowest BCUT2D eigenvalue weighted by Gasteiger charge is -2.09. The van der Waals surface area contributed by atoms with Crippen LogP contribution in [0.15, 0.2) is 29.8 Å². The molecule has 1 aromatic heterocycles. The van der Waals surface area contributed by atoms with Gasteiger partial charge in [-0.15, -0.1) is 0 Å². The van der Waals surface area contributed by atoms with Crippen LogP contribution >= 0.6 is 11.6 Å². The summed E-state index contributed by atoms with van der Waals surface area (Å²) in [5.74, 6) is 0.414. The van der Waals surface area contributed by atoms with E-state index in [0.29, 0.717) is 17.5 Å². The van der Waals surface area contributed by atoms with Gasteiger partial charge in [-0.3, -0.25) is 10.1 Å². The molecule has 0 unspecified atom stereocenters. The van der Waals surface area contributed by atoms with Crippen molar-refractivity contribution in [1.82, 2.24) is 15.6 Å². The third kappa shape index (κ3) is 3.89. The summed E-state index contributed by atoms with van der Waals surface area (Å²) in [7, 11) is 1.64. The maximum atomic E-state index is 11.1. The third-order valence-electron chi connectivity index (χ3n) is 2.27. The van der Waals surface area contributed by atoms with Gasteiger partial charge in [0.05, 0.1) is 11.3 Å². The van der Waals surface area contributed by atoms with Crippen LogP contribution in [-0.4, -0.2) is 23.5 Å². The number of pyridine rings is 1. The molecular formula is C11H15ClN4O2. The lowest BCUT2D eigenvalue weighted by Crippen LogP contribution is -2.28. The first-order chi connectivity index (χ1) is 8.58. The molecule has 1 aromatic rings. The fourth-order valence-electron chi connectivity index (χ4n) is 1.46. The van der Waals surface area contributed by atoms with E-state index in [1.165, 1.54) is 6.20 Å². The highest BCUT2D eigenvalue weighted by molar-refractivity contribution is 6.29. The predicted molar refractivity (Wildman–Crippen MR) is 69.7 cm³/mol. The molecule has 0 saturated carbocycles. The van der Waals surface area contributed by atoms with Gasteiger partial charge < -0.3 is 10.6 Å². The van der Waals surface area contributed by atoms with E-state index in [9.17, 15) is 10.1 Å². The van der Waals surface area contributed by atoms with E-state index in [2.05, 4.69) is 15.6 Å². The monoisotopic (exact) mass is 270 g/mol. The average molecular weight is 271 g/mol. The van der Waals surface area contributed by atoms with Gasteiger partial charge in [0, 0.05) is 19.8 Å². The first kappa shape index (κ1) is 14.2. The van der Waals surface area contributed by atoms with Crippen molar-refractivity contribution in [3.05, 3.63) is 50.7 Å². The second-order valence-corrected chi connectivity index (χ2v) is 3.91. The smallest absolute Gasteiger partial charge is 0.290 e. The van der Waals surface area contributed by atoms with Gasteiger partial charge in [0.15, 0.2) is 5.82 Å². The van der Waals surface area contributed by atoms with E-state index in [1.54, 1.807) is 19.2 Å². The number of hydrogen-bond donors (Lipinski definition) is 2. The molecule has 0 aliphatic heterocycles. The molecule has 0 bridgehead atoms. The van der Waals surface area contributed by atoms with Gasteiger partial charge in [-0.05, 0) is 18.6 Å². The Morgan fingerprint density at radius 3 is 2.72 bits per heavy atom. The standard InChI is InChI=1S/C11H15ClN4O2/c1-3-14-11(13-2)9(16(17)18)6-8-4-5-10(12)15-7-8/h4-5,7,13-14H,3,6H2,1-2H3/b11-9+. The zero-order chi connectivity index (χ0) is 13.5. The first-order valence-electron chi connectivity index (χ1n) is 5.48. The van der Waals surface area contributed by atoms with Crippen molar-refractivity contribution in [1.29, 1.82) is 0 Å². The van der Waals surface area contributed by atoms with Crippen molar-refractivity contribution >= 4 is 11.6 Å². The van der Waals surface area contributed by atoms with Crippen LogP contribution in [0, 0.1) is 10.1 Å². The minimum Gasteiger partial charge on any atom is -0.370 e. The average Bonchev–Trinajstić information content (AvgIpc) is 2.35. The summed E-state index contributed by atoms with van der Waals surface area (Å²) < 4.78 is 0. The number of nitrogens with one attached hydrogen (secondary N) is 2. The SMILES string of the molecule is CCN/C(NC)=C(\Cc1ccc(Cl)nc1)[N+](=O)[O-]. The normalized spacial score (nSPS) is 11.7. The van der Waals surface area contributed by atoms with Gasteiger partial charge >= 0.3 is 0 Å². The highest BCUT2D eigenvalue weighted by Crippen LogP contribution is 2.12. The molecule has 7 heteroatoms. The molecule has 1 heterocycles. The molecule has 0 saturated heterocycles. The number of aromatic nitrogens is 1. The number of rotatable bonds is 6. The van der Waals surface area contributed by atoms with Crippen LogP contribution in [0.5, 0.6) is 0 Å². The minimum atomic E-state index is -0.400. The van der Waals surface area contributed by atoms with Crippen molar-refractivity contribution in [3.63, 3.8) is 0 Å². The lowest BCUT2D eigenvalue weighted by atomic mass is 10.1. The topological polar surface area (TPSA) is 80.1 Å². The lowest BCUT2D eigenvalue weighted by molar-refractivity contribution is -0.428. The second kappa shape index (κ2) is 6.80. The predicted octanol–water partition coefficient (Wildman–Crippen LogP) is 1.55. The number of halogens is 1. The Morgan fingerprint density at radius 1 is 1.56 bits per heavy atom. The molecule has 0 radical (unpaired) electrons. The van der Waals surface area contributed by atoms with Crippen molar-refractivity contribution < 1.29 is 4.92 Å². The summed E-state index contributed by atoms with van der Waals surface area (Å²) in [6.07, 6.45) is 1.71. The first-order valence-corrected chi connectivity index (χ1v) is 5.85. The molecular weight excluding hydrogens is 256 g/mol. The van der Waals surface area contributed by atoms with Crippen molar-refractivity contribution in [3.8, 4) is 0 Å². The second-order valence-electron chi connectivity index (χ2n) is 3.53. The molecule has 2 N–H and O–H groups in total. The van der Waals surface area contributed by atoms with Gasteiger partial charge in [0.25, 0.3) is 5.70 Å². The Labute approximate surface area is 110 Å². The van der Waals surface area contributed by atoms with E-state index in [-0.39, 0.29) is 12.1 Å². The Kier molecular flexibility index (Phi) is 5.38. The molecule has 0 atom stereocenters. The van der Waals surface area contributed by atoms with Crippen LogP contribution in [0.4, 0.5) is 0 Å². The zero-order valence-corrected chi connectivity index (χ0v) is 11.0. The summed E-state index contributed by atoms with van der Waals surface area (Å²) in [4.78, 5) is 14.6. The maximum absolute atomic E-state index is 11.1. The van der Waals surface area contributed by atoms with Crippen molar-refractivity contribution in [2.24, 2.45) is 0 Å². The largest absolute Gasteiger partial charge is 0.370 e. The molecule has 0 aliphatic rings. The zero-order valence-electron chi connectivity index (χ0n) is 10.2. The van der Waals surface area contributed by atoms with Crippen LogP contribution in [0.25, 0.3) is 0 Å².